The number of aromatic nitrogens is 1. The van der Waals surface area contributed by atoms with Gasteiger partial charge in [-0.25, -0.2) is 4.98 Å². The molecule has 2 heterocycles. The molecule has 0 radical (unpaired) electrons. The van der Waals surface area contributed by atoms with E-state index in [0.717, 1.165) is 28.4 Å². The number of pyridine rings is 1. The zero-order valence-corrected chi connectivity index (χ0v) is 13.1. The maximum atomic E-state index is 6.01. The Kier molecular flexibility index (Phi) is 6.55. The molecule has 0 fully saturated rings. The van der Waals surface area contributed by atoms with Crippen LogP contribution in [0.5, 0.6) is 5.75 Å². The molecule has 19 heavy (non-hydrogen) atoms. The number of halogens is 2. The standard InChI is InChI=1S/C13H14ClNO2S.ClH/c1-9-8-15-13(14)11(16-2)12(9)18-7-5-10-4-3-6-17-10;/h3-4,6,8H,5,7H2,1-2H3;1H. The average Bonchev–Trinajstić information content (AvgIpc) is 2.87. The highest BCUT2D eigenvalue weighted by Crippen LogP contribution is 2.36. The van der Waals surface area contributed by atoms with Crippen molar-refractivity contribution in [3.05, 3.63) is 41.1 Å². The first-order valence-corrected chi connectivity index (χ1v) is 6.93. The fraction of sp³-hybridized carbons (Fsp3) is 0.308. The maximum Gasteiger partial charge on any atom is 0.172 e. The highest BCUT2D eigenvalue weighted by Gasteiger charge is 2.12. The van der Waals surface area contributed by atoms with E-state index in [-0.39, 0.29) is 12.4 Å². The monoisotopic (exact) mass is 319 g/mol. The fourth-order valence-corrected chi connectivity index (χ4v) is 2.98. The second-order valence-corrected chi connectivity index (χ2v) is 5.24. The predicted octanol–water partition coefficient (Wildman–Crippen LogP) is 4.40. The number of nitrogens with zero attached hydrogens (tertiary/aromatic N) is 1. The summed E-state index contributed by atoms with van der Waals surface area (Å²) in [6.07, 6.45) is 4.33. The number of ether oxygens (including phenoxy) is 1. The summed E-state index contributed by atoms with van der Waals surface area (Å²) in [5, 5.41) is 0.406. The minimum Gasteiger partial charge on any atom is -0.492 e. The number of hydrogen-bond donors (Lipinski definition) is 0. The van der Waals surface area contributed by atoms with Gasteiger partial charge < -0.3 is 9.15 Å². The summed E-state index contributed by atoms with van der Waals surface area (Å²) in [6, 6.07) is 3.87. The van der Waals surface area contributed by atoms with Crippen molar-refractivity contribution in [1.29, 1.82) is 0 Å². The van der Waals surface area contributed by atoms with Crippen LogP contribution in [-0.2, 0) is 6.42 Å². The van der Waals surface area contributed by atoms with E-state index in [0.29, 0.717) is 10.9 Å². The lowest BCUT2D eigenvalue weighted by atomic mass is 10.3. The zero-order chi connectivity index (χ0) is 13.0. The molecule has 0 unspecified atom stereocenters. The van der Waals surface area contributed by atoms with E-state index in [1.807, 2.05) is 19.1 Å². The molecule has 0 aromatic carbocycles. The van der Waals surface area contributed by atoms with E-state index in [1.165, 1.54) is 0 Å². The summed E-state index contributed by atoms with van der Waals surface area (Å²) in [4.78, 5) is 5.12. The van der Waals surface area contributed by atoms with Gasteiger partial charge in [-0.3, -0.25) is 0 Å². The molecule has 0 aliphatic rings. The molecule has 0 saturated carbocycles. The van der Waals surface area contributed by atoms with Crippen molar-refractivity contribution < 1.29 is 9.15 Å². The first-order valence-electron chi connectivity index (χ1n) is 5.56. The van der Waals surface area contributed by atoms with Crippen molar-refractivity contribution in [2.75, 3.05) is 12.9 Å². The van der Waals surface area contributed by atoms with Crippen LogP contribution in [-0.4, -0.2) is 17.8 Å². The Labute approximate surface area is 128 Å². The van der Waals surface area contributed by atoms with Crippen molar-refractivity contribution in [2.24, 2.45) is 0 Å². The Hall–Kier alpha value is -0.840. The lowest BCUT2D eigenvalue weighted by Crippen LogP contribution is -1.95. The summed E-state index contributed by atoms with van der Waals surface area (Å²) in [7, 11) is 1.61. The molecule has 0 amide bonds. The van der Waals surface area contributed by atoms with Crippen molar-refractivity contribution in [1.82, 2.24) is 4.98 Å². The third-order valence-electron chi connectivity index (χ3n) is 2.50. The van der Waals surface area contributed by atoms with Gasteiger partial charge in [0.1, 0.15) is 5.76 Å². The third-order valence-corrected chi connectivity index (χ3v) is 3.98. The number of furan rings is 1. The van der Waals surface area contributed by atoms with Gasteiger partial charge in [0.05, 0.1) is 18.3 Å². The fourth-order valence-electron chi connectivity index (χ4n) is 1.61. The van der Waals surface area contributed by atoms with Crippen LogP contribution >= 0.6 is 35.8 Å². The van der Waals surface area contributed by atoms with Crippen LogP contribution in [0.15, 0.2) is 33.9 Å². The molecule has 0 saturated heterocycles. The Balaban J connectivity index is 0.00000180. The lowest BCUT2D eigenvalue weighted by Gasteiger charge is -2.11. The summed E-state index contributed by atoms with van der Waals surface area (Å²) in [6.45, 7) is 2.00. The van der Waals surface area contributed by atoms with E-state index < -0.39 is 0 Å². The highest BCUT2D eigenvalue weighted by molar-refractivity contribution is 7.99. The Bertz CT molecular complexity index is 518. The Morgan fingerprint density at radius 2 is 2.26 bits per heavy atom. The quantitative estimate of drug-likeness (QED) is 0.604. The third kappa shape index (κ3) is 4.06. The largest absolute Gasteiger partial charge is 0.492 e. The second kappa shape index (κ2) is 7.68. The molecule has 0 spiro atoms. The van der Waals surface area contributed by atoms with Crippen LogP contribution in [0.2, 0.25) is 5.15 Å². The molecule has 6 heteroatoms. The molecule has 3 nitrogen and oxygen atoms in total. The zero-order valence-electron chi connectivity index (χ0n) is 10.7. The minimum absolute atomic E-state index is 0. The molecule has 0 N–H and O–H groups in total. The first-order chi connectivity index (χ1) is 8.72. The van der Waals surface area contributed by atoms with E-state index in [4.69, 9.17) is 20.8 Å². The maximum absolute atomic E-state index is 6.01. The van der Waals surface area contributed by atoms with Gasteiger partial charge in [-0.05, 0) is 24.6 Å². The smallest absolute Gasteiger partial charge is 0.172 e. The number of aryl methyl sites for hydroxylation is 2. The van der Waals surface area contributed by atoms with Crippen LogP contribution in [0.3, 0.4) is 0 Å². The number of thioether (sulfide) groups is 1. The van der Waals surface area contributed by atoms with Gasteiger partial charge in [0.25, 0.3) is 0 Å². The Morgan fingerprint density at radius 1 is 1.47 bits per heavy atom. The number of hydrogen-bond acceptors (Lipinski definition) is 4. The molecule has 0 atom stereocenters. The SMILES string of the molecule is COc1c(Cl)ncc(C)c1SCCc1ccco1.Cl. The molecule has 2 aromatic rings. The number of rotatable bonds is 5. The van der Waals surface area contributed by atoms with Gasteiger partial charge >= 0.3 is 0 Å². The predicted molar refractivity (Wildman–Crippen MR) is 80.9 cm³/mol. The van der Waals surface area contributed by atoms with Crippen LogP contribution in [0, 0.1) is 6.92 Å². The Morgan fingerprint density at radius 3 is 2.89 bits per heavy atom. The van der Waals surface area contributed by atoms with Crippen LogP contribution in [0.25, 0.3) is 0 Å². The van der Waals surface area contributed by atoms with Crippen molar-refractivity contribution in [3.63, 3.8) is 0 Å². The second-order valence-electron chi connectivity index (χ2n) is 3.77. The van der Waals surface area contributed by atoms with E-state index >= 15 is 0 Å². The van der Waals surface area contributed by atoms with Crippen LogP contribution < -0.4 is 4.74 Å². The molecule has 2 rings (SSSR count). The van der Waals surface area contributed by atoms with Crippen molar-refractivity contribution in [2.45, 2.75) is 18.2 Å². The topological polar surface area (TPSA) is 35.3 Å². The van der Waals surface area contributed by atoms with Gasteiger partial charge in [0.15, 0.2) is 10.9 Å². The molecule has 0 aliphatic heterocycles. The van der Waals surface area contributed by atoms with Gasteiger partial charge in [-0.15, -0.1) is 24.2 Å². The molecule has 104 valence electrons. The van der Waals surface area contributed by atoms with E-state index in [1.54, 1.807) is 31.3 Å². The van der Waals surface area contributed by atoms with Crippen LogP contribution in [0.1, 0.15) is 11.3 Å². The normalized spacial score (nSPS) is 10.1. The van der Waals surface area contributed by atoms with Gasteiger partial charge in [0.2, 0.25) is 0 Å². The molecule has 2 aromatic heterocycles. The van der Waals surface area contributed by atoms with Crippen molar-refractivity contribution in [3.8, 4) is 5.75 Å². The summed E-state index contributed by atoms with van der Waals surface area (Å²) in [5.74, 6) is 2.55. The average molecular weight is 320 g/mol. The highest BCUT2D eigenvalue weighted by atomic mass is 35.5. The summed E-state index contributed by atoms with van der Waals surface area (Å²) >= 11 is 7.71. The van der Waals surface area contributed by atoms with Gasteiger partial charge in [0, 0.05) is 18.4 Å². The molecule has 0 aliphatic carbocycles. The molecular weight excluding hydrogens is 305 g/mol. The van der Waals surface area contributed by atoms with Gasteiger partial charge in [-0.1, -0.05) is 11.6 Å². The first kappa shape index (κ1) is 16.2. The van der Waals surface area contributed by atoms with E-state index in [9.17, 15) is 0 Å². The molecular formula is C13H15Cl2NO2S. The summed E-state index contributed by atoms with van der Waals surface area (Å²) in [5.41, 5.74) is 1.07. The van der Waals surface area contributed by atoms with Crippen molar-refractivity contribution >= 4 is 35.8 Å². The van der Waals surface area contributed by atoms with E-state index in [2.05, 4.69) is 4.98 Å². The van der Waals surface area contributed by atoms with Crippen LogP contribution in [0.4, 0.5) is 0 Å². The van der Waals surface area contributed by atoms with Gasteiger partial charge in [-0.2, -0.15) is 0 Å². The lowest BCUT2D eigenvalue weighted by molar-refractivity contribution is 0.402. The minimum atomic E-state index is 0. The number of methoxy groups -OCH3 is 1. The molecule has 0 bridgehead atoms. The summed E-state index contributed by atoms with van der Waals surface area (Å²) < 4.78 is 10.6.